The maximum Gasteiger partial charge on any atom is 0.237 e. The Morgan fingerprint density at radius 2 is 2.10 bits per heavy atom. The molecule has 0 aliphatic heterocycles. The Morgan fingerprint density at radius 1 is 1.23 bits per heavy atom. The van der Waals surface area contributed by atoms with Crippen molar-refractivity contribution in [2.24, 2.45) is 0 Å². The number of ether oxygens (including phenoxy) is 1. The molecule has 1 aromatic carbocycles. The monoisotopic (exact) mass is 400 g/mol. The minimum absolute atomic E-state index is 0.335. The van der Waals surface area contributed by atoms with Crippen LogP contribution in [-0.2, 0) is 6.42 Å². The lowest BCUT2D eigenvalue weighted by Gasteiger charge is -2.16. The van der Waals surface area contributed by atoms with Crippen molar-refractivity contribution < 1.29 is 9.84 Å². The summed E-state index contributed by atoms with van der Waals surface area (Å²) in [4.78, 5) is 12.8. The van der Waals surface area contributed by atoms with Crippen LogP contribution in [0.3, 0.4) is 0 Å². The summed E-state index contributed by atoms with van der Waals surface area (Å²) in [6.07, 6.45) is 10.6. The van der Waals surface area contributed by atoms with Crippen LogP contribution in [0.1, 0.15) is 12.5 Å². The van der Waals surface area contributed by atoms with Crippen molar-refractivity contribution in [3.05, 3.63) is 60.7 Å². The van der Waals surface area contributed by atoms with E-state index in [1.165, 1.54) is 6.33 Å². The number of pyridine rings is 1. The Morgan fingerprint density at radius 3 is 2.90 bits per heavy atom. The minimum Gasteiger partial charge on any atom is -0.480 e. The van der Waals surface area contributed by atoms with Crippen LogP contribution in [0.25, 0.3) is 16.7 Å². The molecule has 2 N–H and O–H groups in total. The first kappa shape index (κ1) is 19.4. The van der Waals surface area contributed by atoms with Gasteiger partial charge in [0.25, 0.3) is 0 Å². The molecule has 3 heterocycles. The Bertz CT molecular complexity index is 1240. The summed E-state index contributed by atoms with van der Waals surface area (Å²) in [5.41, 5.74) is 1.23. The highest BCUT2D eigenvalue weighted by Gasteiger charge is 2.18. The number of benzene rings is 1. The van der Waals surface area contributed by atoms with Crippen molar-refractivity contribution in [3.63, 3.8) is 0 Å². The molecular formula is C22H20N6O2. The van der Waals surface area contributed by atoms with E-state index >= 15 is 0 Å². The molecule has 1 unspecified atom stereocenters. The average molecular weight is 400 g/mol. The van der Waals surface area contributed by atoms with Gasteiger partial charge in [-0.2, -0.15) is 5.10 Å². The molecule has 0 bridgehead atoms. The van der Waals surface area contributed by atoms with Gasteiger partial charge in [-0.05, 0) is 30.7 Å². The lowest BCUT2D eigenvalue weighted by molar-refractivity contribution is 0.123. The van der Waals surface area contributed by atoms with E-state index in [2.05, 4.69) is 31.3 Å². The van der Waals surface area contributed by atoms with Gasteiger partial charge in [0.15, 0.2) is 5.82 Å². The van der Waals surface area contributed by atoms with Gasteiger partial charge in [0.05, 0.1) is 18.8 Å². The molecule has 3 aromatic heterocycles. The third-order valence-corrected chi connectivity index (χ3v) is 4.59. The lowest BCUT2D eigenvalue weighted by atomic mass is 9.97. The number of rotatable bonds is 6. The summed E-state index contributed by atoms with van der Waals surface area (Å²) in [6.45, 7) is 1.61. The van der Waals surface area contributed by atoms with Gasteiger partial charge in [-0.3, -0.25) is 0 Å². The highest BCUT2D eigenvalue weighted by atomic mass is 16.5. The summed E-state index contributed by atoms with van der Waals surface area (Å²) >= 11 is 0. The first-order chi connectivity index (χ1) is 14.5. The van der Waals surface area contributed by atoms with Gasteiger partial charge in [0.2, 0.25) is 5.88 Å². The summed E-state index contributed by atoms with van der Waals surface area (Å²) in [6, 6.07) is 11.3. The fraction of sp³-hybridized carbons (Fsp3) is 0.182. The maximum absolute atomic E-state index is 10.2. The molecular weight excluding hydrogens is 380 g/mol. The third-order valence-electron chi connectivity index (χ3n) is 4.59. The number of terminal acetylenes is 1. The molecule has 0 saturated heterocycles. The average Bonchev–Trinajstić information content (AvgIpc) is 3.17. The van der Waals surface area contributed by atoms with E-state index in [0.717, 1.165) is 16.5 Å². The molecule has 0 spiro atoms. The van der Waals surface area contributed by atoms with Gasteiger partial charge in [0.1, 0.15) is 23.4 Å². The second-order valence-electron chi connectivity index (χ2n) is 6.99. The van der Waals surface area contributed by atoms with Crippen molar-refractivity contribution in [2.45, 2.75) is 18.9 Å². The number of methoxy groups -OCH3 is 1. The van der Waals surface area contributed by atoms with Crippen molar-refractivity contribution in [2.75, 3.05) is 12.4 Å². The zero-order valence-electron chi connectivity index (χ0n) is 16.6. The van der Waals surface area contributed by atoms with Crippen LogP contribution in [0.15, 0.2) is 55.1 Å². The molecule has 30 heavy (non-hydrogen) atoms. The lowest BCUT2D eigenvalue weighted by Crippen LogP contribution is -2.24. The van der Waals surface area contributed by atoms with E-state index in [4.69, 9.17) is 11.2 Å². The van der Waals surface area contributed by atoms with Gasteiger partial charge in [-0.25, -0.2) is 19.6 Å². The Balaban J connectivity index is 1.69. The molecule has 0 fully saturated rings. The van der Waals surface area contributed by atoms with Crippen molar-refractivity contribution in [1.29, 1.82) is 0 Å². The molecule has 150 valence electrons. The third kappa shape index (κ3) is 3.92. The largest absolute Gasteiger partial charge is 0.480 e. The van der Waals surface area contributed by atoms with Gasteiger partial charge in [-0.1, -0.05) is 18.1 Å². The number of hydrogen-bond donors (Lipinski definition) is 2. The van der Waals surface area contributed by atoms with Crippen molar-refractivity contribution in [1.82, 2.24) is 24.7 Å². The predicted molar refractivity (Wildman–Crippen MR) is 114 cm³/mol. The molecule has 8 heteroatoms. The summed E-state index contributed by atoms with van der Waals surface area (Å²) < 4.78 is 6.99. The van der Waals surface area contributed by atoms with Crippen LogP contribution in [0.4, 0.5) is 11.5 Å². The fourth-order valence-electron chi connectivity index (χ4n) is 3.12. The highest BCUT2D eigenvalue weighted by Crippen LogP contribution is 2.25. The number of hydrogen-bond acceptors (Lipinski definition) is 7. The first-order valence-corrected chi connectivity index (χ1v) is 9.24. The van der Waals surface area contributed by atoms with Crippen LogP contribution in [0, 0.1) is 12.3 Å². The summed E-state index contributed by atoms with van der Waals surface area (Å²) in [5, 5.41) is 18.8. The van der Waals surface area contributed by atoms with Gasteiger partial charge in [-0.15, -0.1) is 6.42 Å². The van der Waals surface area contributed by atoms with Gasteiger partial charge in [0, 0.05) is 24.1 Å². The standard InChI is InChI=1S/C22H20N6O2/c1-4-22(2,29)12-15-7-8-16-13-26-28(18(16)10-15)20-11-19(24-14-25-20)27-17-6-5-9-23-21(17)30-3/h1,5-11,13-14,29H,12H2,2-3H3,(H,24,25,27). The number of aromatic nitrogens is 5. The molecule has 1 atom stereocenters. The van der Waals surface area contributed by atoms with E-state index < -0.39 is 5.60 Å². The maximum atomic E-state index is 10.2. The van der Waals surface area contributed by atoms with E-state index in [0.29, 0.717) is 29.6 Å². The van der Waals surface area contributed by atoms with Crippen LogP contribution < -0.4 is 10.1 Å². The van der Waals surface area contributed by atoms with E-state index in [1.54, 1.807) is 43.2 Å². The Labute approximate surface area is 173 Å². The second kappa shape index (κ2) is 7.81. The molecule has 4 rings (SSSR count). The topological polar surface area (TPSA) is 98.0 Å². The highest BCUT2D eigenvalue weighted by molar-refractivity contribution is 5.81. The molecule has 0 aliphatic carbocycles. The molecule has 0 amide bonds. The number of fused-ring (bicyclic) bond motifs is 1. The molecule has 4 aromatic rings. The van der Waals surface area contributed by atoms with E-state index in [-0.39, 0.29) is 0 Å². The number of aliphatic hydroxyl groups is 1. The smallest absolute Gasteiger partial charge is 0.237 e. The molecule has 0 saturated carbocycles. The molecule has 0 aliphatic rings. The second-order valence-corrected chi connectivity index (χ2v) is 6.99. The first-order valence-electron chi connectivity index (χ1n) is 9.24. The normalized spacial score (nSPS) is 12.9. The van der Waals surface area contributed by atoms with Gasteiger partial charge >= 0.3 is 0 Å². The van der Waals surface area contributed by atoms with E-state index in [1.807, 2.05) is 24.3 Å². The summed E-state index contributed by atoms with van der Waals surface area (Å²) in [7, 11) is 1.56. The minimum atomic E-state index is -1.21. The van der Waals surface area contributed by atoms with Crippen LogP contribution in [0.5, 0.6) is 5.88 Å². The Kier molecular flexibility index (Phi) is 5.04. The SMILES string of the molecule is C#CC(C)(O)Cc1ccc2cnn(-c3cc(Nc4cccnc4OC)ncn3)c2c1. The fourth-order valence-corrected chi connectivity index (χ4v) is 3.12. The number of anilines is 2. The van der Waals surface area contributed by atoms with Gasteiger partial charge < -0.3 is 15.2 Å². The van der Waals surface area contributed by atoms with Crippen LogP contribution in [0.2, 0.25) is 0 Å². The number of nitrogens with one attached hydrogen (secondary N) is 1. The van der Waals surface area contributed by atoms with Crippen LogP contribution >= 0.6 is 0 Å². The predicted octanol–water partition coefficient (Wildman–Crippen LogP) is 2.89. The number of nitrogens with zero attached hydrogens (tertiary/aromatic N) is 5. The molecule has 0 radical (unpaired) electrons. The zero-order chi connectivity index (χ0) is 21.1. The quantitative estimate of drug-likeness (QED) is 0.480. The van der Waals surface area contributed by atoms with Crippen LogP contribution in [-0.4, -0.2) is 42.5 Å². The molecule has 8 nitrogen and oxygen atoms in total. The van der Waals surface area contributed by atoms with Crippen molar-refractivity contribution in [3.8, 4) is 24.0 Å². The van der Waals surface area contributed by atoms with Crippen molar-refractivity contribution >= 4 is 22.4 Å². The zero-order valence-corrected chi connectivity index (χ0v) is 16.6. The summed E-state index contributed by atoms with van der Waals surface area (Å²) in [5.74, 6) is 4.03. The Hall–Kier alpha value is -3.96. The van der Waals surface area contributed by atoms with E-state index in [9.17, 15) is 5.11 Å².